The van der Waals surface area contributed by atoms with E-state index in [1.165, 1.54) is 12.7 Å². The third-order valence-corrected chi connectivity index (χ3v) is 3.05. The number of carbonyl (C=O) groups is 1. The molecule has 88 valence electrons. The minimum absolute atomic E-state index is 0.236. The van der Waals surface area contributed by atoms with Crippen LogP contribution in [0.4, 0.5) is 0 Å². The molecule has 0 amide bonds. The predicted molar refractivity (Wildman–Crippen MR) is 63.2 cm³/mol. The fourth-order valence-corrected chi connectivity index (χ4v) is 2.19. The first-order valence-electron chi connectivity index (χ1n) is 5.60. The quantitative estimate of drug-likeness (QED) is 0.802. The van der Waals surface area contributed by atoms with Gasteiger partial charge in [0.1, 0.15) is 5.75 Å². The van der Waals surface area contributed by atoms with Gasteiger partial charge in [-0.15, -0.1) is 0 Å². The van der Waals surface area contributed by atoms with E-state index < -0.39 is 0 Å². The highest BCUT2D eigenvalue weighted by atomic mass is 16.5. The maximum atomic E-state index is 11.2. The number of fused-ring (bicyclic) bond motifs is 2. The number of hydrogen-bond acceptors (Lipinski definition) is 3. The average Bonchev–Trinajstić information content (AvgIpc) is 2.90. The second-order valence-electron chi connectivity index (χ2n) is 4.19. The van der Waals surface area contributed by atoms with Gasteiger partial charge in [0.15, 0.2) is 0 Å². The summed E-state index contributed by atoms with van der Waals surface area (Å²) in [6, 6.07) is 6.08. The Balaban J connectivity index is 1.99. The van der Waals surface area contributed by atoms with E-state index in [9.17, 15) is 4.79 Å². The zero-order chi connectivity index (χ0) is 11.8. The Morgan fingerprint density at radius 1 is 1.47 bits per heavy atom. The van der Waals surface area contributed by atoms with Crippen molar-refractivity contribution >= 4 is 16.9 Å². The lowest BCUT2D eigenvalue weighted by Gasteiger charge is -1.97. The third-order valence-electron chi connectivity index (χ3n) is 3.05. The van der Waals surface area contributed by atoms with E-state index in [1.807, 2.05) is 12.1 Å². The fraction of sp³-hybridized carbons (Fsp3) is 0.308. The van der Waals surface area contributed by atoms with E-state index in [-0.39, 0.29) is 12.4 Å². The molecule has 0 saturated heterocycles. The SMILES string of the molecule is COC(=O)Cc1cc2cc3c(cc2[nH]1)CCO3. The van der Waals surface area contributed by atoms with E-state index in [0.717, 1.165) is 35.4 Å². The number of nitrogens with one attached hydrogen (secondary N) is 1. The summed E-state index contributed by atoms with van der Waals surface area (Å²) in [6.45, 7) is 0.761. The summed E-state index contributed by atoms with van der Waals surface area (Å²) in [6.07, 6.45) is 1.23. The van der Waals surface area contributed by atoms with Crippen LogP contribution < -0.4 is 4.74 Å². The summed E-state index contributed by atoms with van der Waals surface area (Å²) in [5.41, 5.74) is 3.15. The second kappa shape index (κ2) is 3.80. The van der Waals surface area contributed by atoms with Gasteiger partial charge in [0.25, 0.3) is 0 Å². The lowest BCUT2D eigenvalue weighted by molar-refractivity contribution is -0.139. The molecule has 4 heteroatoms. The van der Waals surface area contributed by atoms with E-state index in [0.29, 0.717) is 0 Å². The maximum Gasteiger partial charge on any atom is 0.311 e. The molecular weight excluding hydrogens is 218 g/mol. The normalized spacial score (nSPS) is 13.5. The molecular formula is C13H13NO3. The molecule has 1 aliphatic rings. The minimum atomic E-state index is -0.236. The van der Waals surface area contributed by atoms with Crippen molar-refractivity contribution in [3.05, 3.63) is 29.5 Å². The lowest BCUT2D eigenvalue weighted by atomic mass is 10.1. The van der Waals surface area contributed by atoms with Crippen LogP contribution in [0.2, 0.25) is 0 Å². The Morgan fingerprint density at radius 3 is 3.18 bits per heavy atom. The standard InChI is InChI=1S/C13H13NO3/c1-16-13(15)7-10-4-9-6-12-8(2-3-17-12)5-11(9)14-10/h4-6,14H,2-3,7H2,1H3. The highest BCUT2D eigenvalue weighted by Gasteiger charge is 2.14. The van der Waals surface area contributed by atoms with Gasteiger partial charge in [-0.2, -0.15) is 0 Å². The Hall–Kier alpha value is -1.97. The van der Waals surface area contributed by atoms with E-state index in [2.05, 4.69) is 15.8 Å². The van der Waals surface area contributed by atoms with Gasteiger partial charge < -0.3 is 14.5 Å². The first-order chi connectivity index (χ1) is 8.26. The number of carbonyl (C=O) groups excluding carboxylic acids is 1. The molecule has 1 aliphatic heterocycles. The molecule has 17 heavy (non-hydrogen) atoms. The van der Waals surface area contributed by atoms with E-state index in [4.69, 9.17) is 4.74 Å². The van der Waals surface area contributed by atoms with Crippen LogP contribution in [-0.2, 0) is 22.4 Å². The third kappa shape index (κ3) is 1.75. The number of aromatic amines is 1. The van der Waals surface area contributed by atoms with Crippen LogP contribution in [0.1, 0.15) is 11.3 Å². The minimum Gasteiger partial charge on any atom is -0.493 e. The van der Waals surface area contributed by atoms with Crippen molar-refractivity contribution in [1.82, 2.24) is 4.98 Å². The molecule has 0 atom stereocenters. The van der Waals surface area contributed by atoms with Gasteiger partial charge in [-0.3, -0.25) is 4.79 Å². The van der Waals surface area contributed by atoms with Crippen molar-refractivity contribution in [3.63, 3.8) is 0 Å². The molecule has 1 N–H and O–H groups in total. The highest BCUT2D eigenvalue weighted by molar-refractivity contribution is 5.85. The van der Waals surface area contributed by atoms with Crippen molar-refractivity contribution < 1.29 is 14.3 Å². The first-order valence-corrected chi connectivity index (χ1v) is 5.60. The number of hydrogen-bond donors (Lipinski definition) is 1. The average molecular weight is 231 g/mol. The van der Waals surface area contributed by atoms with Crippen LogP contribution in [0.5, 0.6) is 5.75 Å². The Labute approximate surface area is 98.5 Å². The van der Waals surface area contributed by atoms with Gasteiger partial charge >= 0.3 is 5.97 Å². The summed E-state index contributed by atoms with van der Waals surface area (Å²) < 4.78 is 10.2. The largest absolute Gasteiger partial charge is 0.493 e. The lowest BCUT2D eigenvalue weighted by Crippen LogP contribution is -2.04. The van der Waals surface area contributed by atoms with Crippen molar-refractivity contribution in [3.8, 4) is 5.75 Å². The smallest absolute Gasteiger partial charge is 0.311 e. The van der Waals surface area contributed by atoms with Crippen molar-refractivity contribution in [2.24, 2.45) is 0 Å². The molecule has 4 nitrogen and oxygen atoms in total. The van der Waals surface area contributed by atoms with Crippen LogP contribution in [-0.4, -0.2) is 24.7 Å². The molecule has 2 aromatic rings. The molecule has 0 bridgehead atoms. The summed E-state index contributed by atoms with van der Waals surface area (Å²) >= 11 is 0. The van der Waals surface area contributed by atoms with Crippen molar-refractivity contribution in [1.29, 1.82) is 0 Å². The Kier molecular flexibility index (Phi) is 2.28. The summed E-state index contributed by atoms with van der Waals surface area (Å²) in [5, 5.41) is 1.07. The van der Waals surface area contributed by atoms with Gasteiger partial charge in [-0.05, 0) is 23.8 Å². The summed E-state index contributed by atoms with van der Waals surface area (Å²) in [5.74, 6) is 0.724. The Morgan fingerprint density at radius 2 is 2.35 bits per heavy atom. The molecule has 0 aliphatic carbocycles. The number of esters is 1. The van der Waals surface area contributed by atoms with Crippen LogP contribution in [0.3, 0.4) is 0 Å². The molecule has 2 heterocycles. The number of aromatic nitrogens is 1. The van der Waals surface area contributed by atoms with Crippen LogP contribution in [0.15, 0.2) is 18.2 Å². The van der Waals surface area contributed by atoms with Gasteiger partial charge in [0.2, 0.25) is 0 Å². The maximum absolute atomic E-state index is 11.2. The Bertz CT molecular complexity index is 545. The van der Waals surface area contributed by atoms with Crippen molar-refractivity contribution in [2.75, 3.05) is 13.7 Å². The predicted octanol–water partition coefficient (Wildman–Crippen LogP) is 1.82. The zero-order valence-corrected chi connectivity index (χ0v) is 9.58. The highest BCUT2D eigenvalue weighted by Crippen LogP contribution is 2.30. The number of methoxy groups -OCH3 is 1. The molecule has 0 fully saturated rings. The van der Waals surface area contributed by atoms with Gasteiger partial charge in [-0.1, -0.05) is 0 Å². The van der Waals surface area contributed by atoms with E-state index >= 15 is 0 Å². The first kappa shape index (κ1) is 10.2. The summed E-state index contributed by atoms with van der Waals surface area (Å²) in [4.78, 5) is 14.4. The van der Waals surface area contributed by atoms with Crippen LogP contribution in [0, 0.1) is 0 Å². The van der Waals surface area contributed by atoms with Crippen LogP contribution >= 0.6 is 0 Å². The van der Waals surface area contributed by atoms with Crippen molar-refractivity contribution in [2.45, 2.75) is 12.8 Å². The molecule has 1 aromatic carbocycles. The number of ether oxygens (including phenoxy) is 2. The molecule has 3 rings (SSSR count). The number of benzene rings is 1. The summed E-state index contributed by atoms with van der Waals surface area (Å²) in [7, 11) is 1.40. The molecule has 0 saturated carbocycles. The number of H-pyrrole nitrogens is 1. The molecule has 1 aromatic heterocycles. The zero-order valence-electron chi connectivity index (χ0n) is 9.58. The molecule has 0 radical (unpaired) electrons. The van der Waals surface area contributed by atoms with Gasteiger partial charge in [0, 0.05) is 23.0 Å². The molecule has 0 spiro atoms. The number of rotatable bonds is 2. The van der Waals surface area contributed by atoms with E-state index in [1.54, 1.807) is 0 Å². The fourth-order valence-electron chi connectivity index (χ4n) is 2.19. The topological polar surface area (TPSA) is 51.3 Å². The van der Waals surface area contributed by atoms with Gasteiger partial charge in [0.05, 0.1) is 20.1 Å². The van der Waals surface area contributed by atoms with Crippen LogP contribution in [0.25, 0.3) is 10.9 Å². The monoisotopic (exact) mass is 231 g/mol. The van der Waals surface area contributed by atoms with Gasteiger partial charge in [-0.25, -0.2) is 0 Å². The second-order valence-corrected chi connectivity index (χ2v) is 4.19. The molecule has 0 unspecified atom stereocenters.